The molecule has 15 aromatic heterocycles. The van der Waals surface area contributed by atoms with E-state index in [0.717, 1.165) is 69.3 Å². The quantitative estimate of drug-likeness (QED) is 0.0315. The molecular formula is C102H76F6N24O8S. The molecule has 0 radical (unpaired) electrons. The SMILES string of the molecule is CC(=O)Nc1ccc2[nH]nc(-c3cccc(F)c3)c2n1.O=C(Cc1cccs1)Nc1ccc2[nH]nc(-c3cccc(F)c3)c2n1.O=C(Nc1ccc2[nH]nc(-c3cccc(F)c3)c2n1)C1CC1.O=C(Nc1ccc2[nH]nc(-c3cccc(F)c3)c2n1)c1ccco1.O=C(Nc1ccc2[nH]nc(/C=C/c3ccc(F)cc3)c2n1)C1CC1.O=C(Nc1ccc2[nH]nc(/C=C/c3ccc(F)cc3)c2n1)c1ccco1. The van der Waals surface area contributed by atoms with Gasteiger partial charge in [-0.25, -0.2) is 56.2 Å². The first-order chi connectivity index (χ1) is 68.6. The lowest BCUT2D eigenvalue weighted by Gasteiger charge is -2.04. The highest BCUT2D eigenvalue weighted by atomic mass is 32.1. The molecule has 0 spiro atoms. The molecule has 23 rings (SSSR count). The Morgan fingerprint density at radius 2 is 0.652 bits per heavy atom. The lowest BCUT2D eigenvalue weighted by Crippen LogP contribution is -2.14. The maximum absolute atomic E-state index is 13.5. The van der Waals surface area contributed by atoms with Gasteiger partial charge >= 0.3 is 0 Å². The number of nitrogens with zero attached hydrogens (tertiary/aromatic N) is 12. The van der Waals surface area contributed by atoms with Crippen LogP contribution in [0.1, 0.15) is 81.1 Å². The number of nitrogens with one attached hydrogen (secondary N) is 12. The predicted octanol–water partition coefficient (Wildman–Crippen LogP) is 21.2. The van der Waals surface area contributed by atoms with Gasteiger partial charge in [-0.15, -0.1) is 11.3 Å². The minimum Gasteiger partial charge on any atom is -0.459 e. The van der Waals surface area contributed by atoms with Crippen molar-refractivity contribution in [2.45, 2.75) is 39.0 Å². The Balaban J connectivity index is 0.000000112. The topological polar surface area (TPSA) is 450 Å². The Morgan fingerprint density at radius 1 is 0.333 bits per heavy atom. The molecule has 141 heavy (non-hydrogen) atoms. The van der Waals surface area contributed by atoms with Gasteiger partial charge in [0.15, 0.2) is 11.5 Å². The largest absolute Gasteiger partial charge is 0.459 e. The van der Waals surface area contributed by atoms with E-state index in [4.69, 9.17) is 8.83 Å². The molecule has 6 amide bonds. The second-order valence-corrected chi connectivity index (χ2v) is 32.8. The van der Waals surface area contributed by atoms with Crippen molar-refractivity contribution in [3.63, 3.8) is 0 Å². The van der Waals surface area contributed by atoms with E-state index in [-0.39, 0.29) is 87.8 Å². The van der Waals surface area contributed by atoms with E-state index < -0.39 is 5.91 Å². The zero-order valence-electron chi connectivity index (χ0n) is 73.8. The normalized spacial score (nSPS) is 12.0. The van der Waals surface area contributed by atoms with Crippen LogP contribution in [0.4, 0.5) is 61.2 Å². The van der Waals surface area contributed by atoms with Gasteiger partial charge in [-0.2, -0.15) is 30.6 Å². The Kier molecular flexibility index (Phi) is 27.8. The monoisotopic (exact) mass is 1910 g/mol. The third kappa shape index (κ3) is 23.6. The number of thiophene rings is 1. The number of benzene rings is 6. The van der Waals surface area contributed by atoms with E-state index in [1.807, 2.05) is 41.8 Å². The number of halogens is 6. The molecule has 39 heteroatoms. The van der Waals surface area contributed by atoms with Gasteiger partial charge in [-0.1, -0.05) is 91.0 Å². The van der Waals surface area contributed by atoms with Crippen LogP contribution in [-0.2, 0) is 25.6 Å². The average Bonchev–Trinajstić information content (AvgIpc) is 1.71. The van der Waals surface area contributed by atoms with Crippen molar-refractivity contribution < 1.29 is 63.9 Å². The number of aromatic nitrogens is 18. The van der Waals surface area contributed by atoms with Crippen LogP contribution in [0, 0.1) is 46.7 Å². The van der Waals surface area contributed by atoms with E-state index in [1.54, 1.807) is 170 Å². The van der Waals surface area contributed by atoms with Gasteiger partial charge < -0.3 is 40.7 Å². The fourth-order valence-corrected chi connectivity index (χ4v) is 14.9. The van der Waals surface area contributed by atoms with Crippen LogP contribution in [-0.4, -0.2) is 127 Å². The Labute approximate surface area is 797 Å². The molecule has 0 saturated heterocycles. The molecule has 0 unspecified atom stereocenters. The van der Waals surface area contributed by atoms with Crippen molar-refractivity contribution in [2.75, 3.05) is 31.9 Å². The first-order valence-corrected chi connectivity index (χ1v) is 44.4. The van der Waals surface area contributed by atoms with Gasteiger partial charge in [0.1, 0.15) is 137 Å². The van der Waals surface area contributed by atoms with Crippen molar-refractivity contribution in [1.82, 2.24) is 91.1 Å². The van der Waals surface area contributed by atoms with E-state index in [2.05, 4.69) is 123 Å². The molecule has 21 aromatic rings. The number of H-pyrrole nitrogens is 6. The lowest BCUT2D eigenvalue weighted by molar-refractivity contribution is -0.118. The number of carbonyl (C=O) groups excluding carboxylic acids is 6. The Bertz CT molecular complexity index is 8200. The van der Waals surface area contributed by atoms with Gasteiger partial charge in [0.05, 0.1) is 52.0 Å². The summed E-state index contributed by atoms with van der Waals surface area (Å²) in [7, 11) is 0. The molecule has 700 valence electrons. The first-order valence-electron chi connectivity index (χ1n) is 43.5. The first kappa shape index (κ1) is 92.6. The minimum atomic E-state index is -0.400. The number of hydrogen-bond acceptors (Lipinski definition) is 21. The van der Waals surface area contributed by atoms with Crippen LogP contribution in [0.2, 0.25) is 0 Å². The molecule has 0 aliphatic heterocycles. The fourth-order valence-electron chi connectivity index (χ4n) is 14.2. The van der Waals surface area contributed by atoms with Gasteiger partial charge in [0.2, 0.25) is 23.6 Å². The van der Waals surface area contributed by atoms with Gasteiger partial charge in [-0.3, -0.25) is 59.4 Å². The summed E-state index contributed by atoms with van der Waals surface area (Å²) in [5, 5.41) is 60.8. The third-order valence-corrected chi connectivity index (χ3v) is 22.2. The second-order valence-electron chi connectivity index (χ2n) is 31.7. The van der Waals surface area contributed by atoms with Crippen LogP contribution in [0.5, 0.6) is 0 Å². The second kappa shape index (κ2) is 42.4. The molecule has 2 saturated carbocycles. The number of fused-ring (bicyclic) bond motifs is 6. The van der Waals surface area contributed by atoms with Gasteiger partial charge in [0.25, 0.3) is 11.8 Å². The molecule has 2 aliphatic rings. The van der Waals surface area contributed by atoms with Crippen LogP contribution >= 0.6 is 11.3 Å². The summed E-state index contributed by atoms with van der Waals surface area (Å²) in [4.78, 5) is 98.5. The molecule has 0 atom stereocenters. The molecule has 2 fully saturated rings. The maximum atomic E-state index is 13.5. The summed E-state index contributed by atoms with van der Waals surface area (Å²) in [5.74, 6) is 0.256. The standard InChI is InChI=1S/C19H13FN4O2.C18H13FN4OS.C18H15FN4O.C17H11FN4O2.C16H13FN4O.C14H11FN4O/c20-13-6-3-12(4-7-13)5-8-14-18-15(24-23-14)9-10-17(21-18)22-19(25)16-2-1-11-26-16;19-12-4-1-3-11(9-12)17-18-14(22-23-17)6-7-15(21-18)20-16(24)10-13-5-2-8-25-13;19-13-6-1-11(2-7-13)3-8-14-17-15(23-22-14)9-10-16(20-17)21-18(24)12-4-5-12;18-11-4-1-3-10(9-11)15-16-12(21-22-15)6-7-14(19-16)20-17(23)13-5-2-8-24-13;17-11-3-1-2-10(8-11)14-15-12(20-21-14)6-7-13(18-15)19-16(22)9-4-5-9;1-8(20)16-12-6-5-11-14(17-12)13(19-18-11)9-3-2-4-10(15)7-9/h1-11H,(H,23,24)(H,21,22,25);1-9H,10H2,(H,22,23)(H,20,21,24);1-3,6-10,12H,4-5H2,(H,22,23)(H,20,21,24);1-9H,(H,21,22)(H,19,20,23);1-3,6-9H,4-5H2,(H,20,21)(H,18,19,22);2-7H,1H3,(H,18,19)(H,16,17,20)/b8-5+;;8-3+;;;. The van der Waals surface area contributed by atoms with Gasteiger partial charge in [0, 0.05) is 45.9 Å². The average molecular weight is 1910 g/mol. The van der Waals surface area contributed by atoms with E-state index in [1.165, 1.54) is 104 Å². The zero-order chi connectivity index (χ0) is 97.4. The number of aromatic amines is 6. The summed E-state index contributed by atoms with van der Waals surface area (Å²) in [5.41, 5.74) is 15.6. The zero-order valence-corrected chi connectivity index (χ0v) is 74.6. The molecule has 12 N–H and O–H groups in total. The summed E-state index contributed by atoms with van der Waals surface area (Å²) in [6.45, 7) is 1.41. The minimum absolute atomic E-state index is 0.00245. The Morgan fingerprint density at radius 3 is 0.965 bits per heavy atom. The molecule has 2 aliphatic carbocycles. The molecule has 6 aromatic carbocycles. The highest BCUT2D eigenvalue weighted by molar-refractivity contribution is 7.10. The van der Waals surface area contributed by atoms with Crippen LogP contribution in [0.25, 0.3) is 136 Å². The molecular weight excluding hydrogens is 1840 g/mol. The van der Waals surface area contributed by atoms with Crippen molar-refractivity contribution in [2.24, 2.45) is 11.8 Å². The number of hydrogen-bond donors (Lipinski definition) is 12. The summed E-state index contributed by atoms with van der Waals surface area (Å²) < 4.78 is 89.6. The number of furan rings is 2. The van der Waals surface area contributed by atoms with Crippen molar-refractivity contribution >= 4 is 172 Å². The predicted molar refractivity (Wildman–Crippen MR) is 523 cm³/mol. The summed E-state index contributed by atoms with van der Waals surface area (Å²) >= 11 is 1.54. The Hall–Kier alpha value is -18.8. The fraction of sp³-hybridized carbons (Fsp3) is 0.0784. The molecule has 15 heterocycles. The van der Waals surface area contributed by atoms with Crippen LogP contribution < -0.4 is 31.9 Å². The van der Waals surface area contributed by atoms with Gasteiger partial charge in [-0.05, 0) is 230 Å². The third-order valence-electron chi connectivity index (χ3n) is 21.4. The number of anilines is 6. The number of carbonyl (C=O) groups is 6. The van der Waals surface area contributed by atoms with Crippen LogP contribution in [0.3, 0.4) is 0 Å². The van der Waals surface area contributed by atoms with Crippen molar-refractivity contribution in [3.05, 3.63) is 347 Å². The molecule has 0 bridgehead atoms. The number of pyridine rings is 6. The van der Waals surface area contributed by atoms with Crippen LogP contribution in [0.15, 0.2) is 282 Å². The number of rotatable bonds is 20. The highest BCUT2D eigenvalue weighted by Crippen LogP contribution is 2.36. The summed E-state index contributed by atoms with van der Waals surface area (Å²) in [6.07, 6.45) is 14.2. The highest BCUT2D eigenvalue weighted by Gasteiger charge is 2.31. The van der Waals surface area contributed by atoms with Crippen molar-refractivity contribution in [1.29, 1.82) is 0 Å². The molecule has 32 nitrogen and oxygen atoms in total. The lowest BCUT2D eigenvalue weighted by atomic mass is 10.1. The maximum Gasteiger partial charge on any atom is 0.292 e. The van der Waals surface area contributed by atoms with E-state index in [9.17, 15) is 55.1 Å². The smallest absolute Gasteiger partial charge is 0.292 e. The van der Waals surface area contributed by atoms with Crippen molar-refractivity contribution in [3.8, 4) is 45.0 Å². The summed E-state index contributed by atoms with van der Waals surface area (Å²) in [6, 6.07) is 68.1. The van der Waals surface area contributed by atoms with E-state index in [0.29, 0.717) is 136 Å². The van der Waals surface area contributed by atoms with E-state index >= 15 is 0 Å². The number of amides is 6.